The van der Waals surface area contributed by atoms with Crippen LogP contribution >= 0.6 is 27.7 Å². The molecule has 0 saturated carbocycles. The van der Waals surface area contributed by atoms with E-state index in [9.17, 15) is 0 Å². The van der Waals surface area contributed by atoms with Crippen LogP contribution in [0.1, 0.15) is 13.8 Å². The standard InChI is InChI=1S/C14H19BrOSSi/c1-14(2,16-18(3,4)12-15)10-11-17-13-8-6-5-7-9-13/h5-9H,12H2,1-4H3. The lowest BCUT2D eigenvalue weighted by atomic mass is 10.2. The summed E-state index contributed by atoms with van der Waals surface area (Å²) in [6, 6.07) is 10.2. The van der Waals surface area contributed by atoms with Crippen molar-refractivity contribution in [2.45, 2.75) is 37.4 Å². The molecule has 0 saturated heterocycles. The smallest absolute Gasteiger partial charge is 0.199 e. The van der Waals surface area contributed by atoms with Gasteiger partial charge >= 0.3 is 0 Å². The third kappa shape index (κ3) is 6.10. The van der Waals surface area contributed by atoms with E-state index in [0.29, 0.717) is 0 Å². The Morgan fingerprint density at radius 2 is 1.89 bits per heavy atom. The average molecular weight is 343 g/mol. The molecule has 1 aromatic rings. The van der Waals surface area contributed by atoms with Gasteiger partial charge in [-0.15, -0.1) is 0 Å². The molecule has 4 heteroatoms. The molecule has 0 aliphatic carbocycles. The molecule has 0 aliphatic heterocycles. The molecule has 0 atom stereocenters. The lowest BCUT2D eigenvalue weighted by Gasteiger charge is -2.30. The van der Waals surface area contributed by atoms with Crippen molar-refractivity contribution in [2.24, 2.45) is 0 Å². The first-order valence-electron chi connectivity index (χ1n) is 5.85. The average Bonchev–Trinajstić information content (AvgIpc) is 2.29. The van der Waals surface area contributed by atoms with Crippen molar-refractivity contribution in [3.63, 3.8) is 0 Å². The van der Waals surface area contributed by atoms with Crippen molar-refractivity contribution in [3.8, 4) is 11.2 Å². The molecule has 0 heterocycles. The van der Waals surface area contributed by atoms with Gasteiger partial charge in [-0.05, 0) is 56.1 Å². The predicted octanol–water partition coefficient (Wildman–Crippen LogP) is 4.67. The Labute approximate surface area is 124 Å². The number of rotatable bonds is 4. The Bertz CT molecular complexity index is 434. The van der Waals surface area contributed by atoms with Crippen molar-refractivity contribution < 1.29 is 4.43 Å². The quantitative estimate of drug-likeness (QED) is 0.340. The van der Waals surface area contributed by atoms with Crippen molar-refractivity contribution in [2.75, 3.05) is 4.95 Å². The normalized spacial score (nSPS) is 11.8. The molecule has 0 aliphatic rings. The van der Waals surface area contributed by atoms with Crippen LogP contribution in [-0.2, 0) is 4.43 Å². The van der Waals surface area contributed by atoms with Crippen LogP contribution in [0.25, 0.3) is 0 Å². The first kappa shape index (κ1) is 15.8. The molecule has 1 nitrogen and oxygen atoms in total. The molecule has 1 rings (SSSR count). The monoisotopic (exact) mass is 342 g/mol. The Morgan fingerprint density at radius 3 is 2.44 bits per heavy atom. The van der Waals surface area contributed by atoms with E-state index in [2.05, 4.69) is 52.3 Å². The fourth-order valence-corrected chi connectivity index (χ4v) is 3.98. The summed E-state index contributed by atoms with van der Waals surface area (Å²) < 4.78 is 6.12. The molecule has 0 radical (unpaired) electrons. The fraction of sp³-hybridized carbons (Fsp3) is 0.429. The summed E-state index contributed by atoms with van der Waals surface area (Å²) in [5.41, 5.74) is -0.384. The van der Waals surface area contributed by atoms with E-state index < -0.39 is 8.32 Å². The Kier molecular flexibility index (Phi) is 5.99. The molecule has 0 spiro atoms. The first-order chi connectivity index (χ1) is 8.35. The van der Waals surface area contributed by atoms with E-state index in [-0.39, 0.29) is 5.60 Å². The summed E-state index contributed by atoms with van der Waals surface area (Å²) in [6.45, 7) is 8.44. The molecule has 0 aromatic heterocycles. The maximum Gasteiger partial charge on any atom is 0.199 e. The maximum absolute atomic E-state index is 6.12. The summed E-state index contributed by atoms with van der Waals surface area (Å²) in [7, 11) is -1.64. The van der Waals surface area contributed by atoms with Gasteiger partial charge in [0.05, 0.1) is 0 Å². The molecule has 0 unspecified atom stereocenters. The van der Waals surface area contributed by atoms with Gasteiger partial charge in [-0.25, -0.2) is 0 Å². The minimum Gasteiger partial charge on any atom is -0.401 e. The topological polar surface area (TPSA) is 9.23 Å². The zero-order valence-corrected chi connectivity index (χ0v) is 14.7. The third-order valence-electron chi connectivity index (χ3n) is 2.12. The largest absolute Gasteiger partial charge is 0.401 e. The lowest BCUT2D eigenvalue weighted by molar-refractivity contribution is 0.164. The van der Waals surface area contributed by atoms with E-state index in [1.807, 2.05) is 32.0 Å². The highest BCUT2D eigenvalue weighted by atomic mass is 79.9. The Hall–Kier alpha value is -0.213. The number of halogens is 1. The molecule has 1 aromatic carbocycles. The Morgan fingerprint density at radius 1 is 1.28 bits per heavy atom. The van der Waals surface area contributed by atoms with Crippen molar-refractivity contribution in [3.05, 3.63) is 30.3 Å². The summed E-state index contributed by atoms with van der Waals surface area (Å²) in [4.78, 5) is 2.09. The molecular formula is C14H19BrOSSi. The minimum absolute atomic E-state index is 0.384. The van der Waals surface area contributed by atoms with Gasteiger partial charge in [0.1, 0.15) is 5.60 Å². The highest BCUT2D eigenvalue weighted by Gasteiger charge is 2.29. The molecule has 98 valence electrons. The Balaban J connectivity index is 2.61. The van der Waals surface area contributed by atoms with E-state index >= 15 is 0 Å². The van der Waals surface area contributed by atoms with Gasteiger partial charge in [0.15, 0.2) is 8.32 Å². The maximum atomic E-state index is 6.12. The van der Waals surface area contributed by atoms with Crippen molar-refractivity contribution >= 4 is 36.0 Å². The van der Waals surface area contributed by atoms with Crippen LogP contribution in [0, 0.1) is 11.2 Å². The van der Waals surface area contributed by atoms with E-state index in [4.69, 9.17) is 4.43 Å². The SMILES string of the molecule is CC(C)(C#CSc1ccccc1)O[Si](C)(C)CBr. The third-order valence-corrected chi connectivity index (χ3v) is 8.59. The summed E-state index contributed by atoms with van der Waals surface area (Å²) in [6.07, 6.45) is 0. The van der Waals surface area contributed by atoms with Gasteiger partial charge in [-0.3, -0.25) is 0 Å². The first-order valence-corrected chi connectivity index (χ1v) is 10.9. The predicted molar refractivity (Wildman–Crippen MR) is 86.5 cm³/mol. The van der Waals surface area contributed by atoms with Crippen LogP contribution in [0.5, 0.6) is 0 Å². The van der Waals surface area contributed by atoms with E-state index in [1.165, 1.54) is 0 Å². The zero-order chi connectivity index (χ0) is 13.6. The van der Waals surface area contributed by atoms with Crippen LogP contribution in [0.4, 0.5) is 0 Å². The molecular weight excluding hydrogens is 324 g/mol. The van der Waals surface area contributed by atoms with Gasteiger partial charge < -0.3 is 4.43 Å². The molecule has 0 bridgehead atoms. The van der Waals surface area contributed by atoms with Crippen LogP contribution in [0.3, 0.4) is 0 Å². The summed E-state index contributed by atoms with van der Waals surface area (Å²) in [5, 5.41) is 3.14. The van der Waals surface area contributed by atoms with E-state index in [1.54, 1.807) is 11.8 Å². The summed E-state index contributed by atoms with van der Waals surface area (Å²) in [5.74, 6) is 3.20. The number of hydrogen-bond donors (Lipinski definition) is 0. The minimum atomic E-state index is -1.64. The van der Waals surface area contributed by atoms with Crippen molar-refractivity contribution in [1.82, 2.24) is 0 Å². The van der Waals surface area contributed by atoms with Gasteiger partial charge in [-0.2, -0.15) is 0 Å². The van der Waals surface area contributed by atoms with Crippen LogP contribution in [0.2, 0.25) is 13.1 Å². The number of benzene rings is 1. The molecule has 18 heavy (non-hydrogen) atoms. The van der Waals surface area contributed by atoms with Crippen LogP contribution in [0.15, 0.2) is 35.2 Å². The zero-order valence-electron chi connectivity index (χ0n) is 11.3. The summed E-state index contributed by atoms with van der Waals surface area (Å²) >= 11 is 5.06. The van der Waals surface area contributed by atoms with Crippen LogP contribution in [-0.4, -0.2) is 18.9 Å². The van der Waals surface area contributed by atoms with Gasteiger partial charge in [-0.1, -0.05) is 40.0 Å². The second kappa shape index (κ2) is 6.81. The lowest BCUT2D eigenvalue weighted by Crippen LogP contribution is -2.41. The van der Waals surface area contributed by atoms with E-state index in [0.717, 1.165) is 9.85 Å². The van der Waals surface area contributed by atoms with Gasteiger partial charge in [0.25, 0.3) is 0 Å². The number of alkyl halides is 1. The molecule has 0 amide bonds. The highest BCUT2D eigenvalue weighted by Crippen LogP contribution is 2.20. The number of thioether (sulfide) groups is 1. The number of hydrogen-bond acceptors (Lipinski definition) is 2. The van der Waals surface area contributed by atoms with Gasteiger partial charge in [0.2, 0.25) is 0 Å². The second-order valence-corrected chi connectivity index (χ2v) is 11.7. The van der Waals surface area contributed by atoms with Gasteiger partial charge in [0, 0.05) is 9.85 Å². The highest BCUT2D eigenvalue weighted by molar-refractivity contribution is 9.09. The van der Waals surface area contributed by atoms with Crippen LogP contribution < -0.4 is 0 Å². The fourth-order valence-electron chi connectivity index (χ4n) is 1.44. The van der Waals surface area contributed by atoms with Crippen molar-refractivity contribution in [1.29, 1.82) is 0 Å². The molecule has 0 N–H and O–H groups in total. The molecule has 0 fully saturated rings. The second-order valence-electron chi connectivity index (χ2n) is 5.15.